The Hall–Kier alpha value is -3.71. The second-order valence-electron chi connectivity index (χ2n) is 18.9. The summed E-state index contributed by atoms with van der Waals surface area (Å²) in [5.41, 5.74) is 0.687. The summed E-state index contributed by atoms with van der Waals surface area (Å²) in [5, 5.41) is 16.8. The second-order valence-corrected chi connectivity index (χ2v) is 20.5. The largest absolute Gasteiger partial charge is 0.386 e. The van der Waals surface area contributed by atoms with E-state index in [2.05, 4.69) is 42.5 Å². The molecule has 0 aromatic heterocycles. The van der Waals surface area contributed by atoms with Crippen molar-refractivity contribution in [3.8, 4) is 0 Å². The number of amides is 7. The molecule has 10 atom stereocenters. The molecular weight excluding hydrogens is 992 g/mol. The number of aliphatic hydroxyl groups excluding tert-OH is 1. The number of aliphatic hydroxyl groups is 1. The molecule has 1 saturated heterocycles. The highest BCUT2D eigenvalue weighted by Crippen LogP contribution is 2.31. The minimum Gasteiger partial charge on any atom is -0.386 e. The van der Waals surface area contributed by atoms with Crippen molar-refractivity contribution < 1.29 is 48.1 Å². The number of rotatable bonds is 26. The van der Waals surface area contributed by atoms with Crippen LogP contribution in [0.2, 0.25) is 0 Å². The zero-order valence-corrected chi connectivity index (χ0v) is 44.7. The quantitative estimate of drug-likeness (QED) is 0.0766. The summed E-state index contributed by atoms with van der Waals surface area (Å²) in [6, 6.07) is 5.76. The number of ether oxygens (including phenoxy) is 2. The molecular formula is C49H76Br2N6O10. The second kappa shape index (κ2) is 26.9. The first-order chi connectivity index (χ1) is 31.5. The number of nitrogens with one attached hydrogen (secondary N) is 2. The van der Waals surface area contributed by atoms with Gasteiger partial charge in [0.15, 0.2) is 0 Å². The molecule has 2 aliphatic heterocycles. The summed E-state index contributed by atoms with van der Waals surface area (Å²) in [4.78, 5) is 101. The van der Waals surface area contributed by atoms with Crippen molar-refractivity contribution in [2.45, 2.75) is 155 Å². The van der Waals surface area contributed by atoms with Gasteiger partial charge in [-0.25, -0.2) is 0 Å². The average molecular weight is 1070 g/mol. The van der Waals surface area contributed by atoms with Gasteiger partial charge in [0.05, 0.1) is 48.8 Å². The van der Waals surface area contributed by atoms with Gasteiger partial charge in [-0.2, -0.15) is 0 Å². The Morgan fingerprint density at radius 3 is 1.99 bits per heavy atom. The number of unbranched alkanes of at least 4 members (excludes halogenated alkanes) is 2. The zero-order valence-electron chi connectivity index (χ0n) is 41.6. The van der Waals surface area contributed by atoms with Crippen molar-refractivity contribution in [1.29, 1.82) is 0 Å². The molecule has 0 bridgehead atoms. The zero-order chi connectivity index (χ0) is 50.4. The summed E-state index contributed by atoms with van der Waals surface area (Å²) in [6.07, 6.45) is 1.45. The highest BCUT2D eigenvalue weighted by Gasteiger charge is 2.44. The highest BCUT2D eigenvalue weighted by atomic mass is 79.9. The monoisotopic (exact) mass is 1070 g/mol. The number of hydrogen-bond acceptors (Lipinski definition) is 10. The van der Waals surface area contributed by atoms with E-state index >= 15 is 0 Å². The van der Waals surface area contributed by atoms with Crippen molar-refractivity contribution in [3.05, 3.63) is 44.9 Å². The van der Waals surface area contributed by atoms with Gasteiger partial charge >= 0.3 is 0 Å². The smallest absolute Gasteiger partial charge is 0.269 e. The molecule has 67 heavy (non-hydrogen) atoms. The van der Waals surface area contributed by atoms with Crippen LogP contribution >= 0.6 is 31.9 Å². The maximum Gasteiger partial charge on any atom is 0.269 e. The molecule has 0 aliphatic carbocycles. The van der Waals surface area contributed by atoms with Crippen LogP contribution in [-0.2, 0) is 43.0 Å². The fourth-order valence-corrected chi connectivity index (χ4v) is 10.1. The van der Waals surface area contributed by atoms with E-state index in [1.165, 1.54) is 19.1 Å². The van der Waals surface area contributed by atoms with Gasteiger partial charge in [0, 0.05) is 47.8 Å². The lowest BCUT2D eigenvalue weighted by atomic mass is 9.89. The third kappa shape index (κ3) is 14.7. The lowest BCUT2D eigenvalue weighted by Crippen LogP contribution is -2.60. The Morgan fingerprint density at radius 1 is 0.836 bits per heavy atom. The van der Waals surface area contributed by atoms with Gasteiger partial charge in [-0.05, 0) is 87.8 Å². The third-order valence-corrected chi connectivity index (χ3v) is 15.5. The molecule has 0 spiro atoms. The SMILES string of the molecule is CC[C@H](C)[C@@H]([C@@H](CC(=O)N1CCC[C@H]1[C@H](OC)[C@@H](C)C(=O)N[C@H](C)[C@@H](O)c1ccccc1)OC)N(C)C(=O)[C@@H](NC(=O)[C@H](C(C)C)N(C)C(=O)CCCCCN1C(=O)C(Br)=C(Br)C1=O)C(C)C. The summed E-state index contributed by atoms with van der Waals surface area (Å²) >= 11 is 6.26. The van der Waals surface area contributed by atoms with Crippen LogP contribution in [0, 0.1) is 23.7 Å². The van der Waals surface area contributed by atoms with Crippen LogP contribution in [0.4, 0.5) is 0 Å². The Morgan fingerprint density at radius 2 is 1.45 bits per heavy atom. The number of nitrogens with zero attached hydrogens (tertiary/aromatic N) is 4. The Balaban J connectivity index is 1.69. The van der Waals surface area contributed by atoms with Crippen molar-refractivity contribution in [2.75, 3.05) is 41.4 Å². The van der Waals surface area contributed by atoms with E-state index in [9.17, 15) is 38.7 Å². The third-order valence-electron chi connectivity index (χ3n) is 13.5. The van der Waals surface area contributed by atoms with Gasteiger partial charge in [-0.3, -0.25) is 38.5 Å². The molecule has 1 aromatic carbocycles. The van der Waals surface area contributed by atoms with Gasteiger partial charge in [-0.15, -0.1) is 0 Å². The Kier molecular flexibility index (Phi) is 23.1. The van der Waals surface area contributed by atoms with E-state index in [-0.39, 0.29) is 69.7 Å². The lowest BCUT2D eigenvalue weighted by molar-refractivity contribution is -0.148. The fraction of sp³-hybridized carbons (Fsp3) is 0.694. The number of carbonyl (C=O) groups excluding carboxylic acids is 7. The first kappa shape index (κ1) is 57.6. The average Bonchev–Trinajstić information content (AvgIpc) is 3.85. The molecule has 16 nitrogen and oxygen atoms in total. The maximum atomic E-state index is 14.6. The van der Waals surface area contributed by atoms with Crippen molar-refractivity contribution in [3.63, 3.8) is 0 Å². The number of imide groups is 1. The van der Waals surface area contributed by atoms with Crippen LogP contribution < -0.4 is 10.6 Å². The normalized spacial score (nSPS) is 19.4. The Labute approximate surface area is 414 Å². The molecule has 1 fully saturated rings. The molecule has 1 aromatic rings. The molecule has 0 radical (unpaired) electrons. The predicted molar refractivity (Wildman–Crippen MR) is 263 cm³/mol. The molecule has 376 valence electrons. The first-order valence-corrected chi connectivity index (χ1v) is 25.3. The van der Waals surface area contributed by atoms with Crippen molar-refractivity contribution in [2.24, 2.45) is 23.7 Å². The van der Waals surface area contributed by atoms with Crippen LogP contribution in [0.1, 0.15) is 118 Å². The molecule has 18 heteroatoms. The van der Waals surface area contributed by atoms with Gasteiger partial charge in [0.2, 0.25) is 29.5 Å². The number of likely N-dealkylation sites (N-methyl/N-ethyl adjacent to an activating group) is 2. The van der Waals surface area contributed by atoms with Crippen LogP contribution in [0.15, 0.2) is 39.3 Å². The van der Waals surface area contributed by atoms with E-state index in [4.69, 9.17) is 9.47 Å². The van der Waals surface area contributed by atoms with Crippen LogP contribution in [0.3, 0.4) is 0 Å². The number of benzene rings is 1. The molecule has 2 heterocycles. The molecule has 3 N–H and O–H groups in total. The van der Waals surface area contributed by atoms with Crippen molar-refractivity contribution >= 4 is 73.2 Å². The summed E-state index contributed by atoms with van der Waals surface area (Å²) < 4.78 is 12.4. The fourth-order valence-electron chi connectivity index (χ4n) is 9.35. The van der Waals surface area contributed by atoms with Gasteiger partial charge < -0.3 is 39.9 Å². The maximum absolute atomic E-state index is 14.6. The molecule has 3 rings (SSSR count). The van der Waals surface area contributed by atoms with Crippen LogP contribution in [0.5, 0.6) is 0 Å². The lowest BCUT2D eigenvalue weighted by Gasteiger charge is -2.41. The number of carbonyl (C=O) groups is 7. The molecule has 2 aliphatic rings. The van der Waals surface area contributed by atoms with E-state index < -0.39 is 72.2 Å². The summed E-state index contributed by atoms with van der Waals surface area (Å²) in [7, 11) is 6.31. The predicted octanol–water partition coefficient (Wildman–Crippen LogP) is 5.70. The number of hydrogen-bond donors (Lipinski definition) is 3. The Bertz CT molecular complexity index is 1880. The molecule has 0 saturated carbocycles. The standard InChI is InChI=1S/C49H76Br2N6O10/c1-13-30(6)42(35(66-11)27-37(59)56-26-20-23-34(56)44(67-12)31(7)45(61)52-32(8)43(60)33-21-16-14-17-22-33)55(10)49(65)40(28(2)3)53-46(62)41(29(4)5)54(9)36(58)24-18-15-19-25-57-47(63)38(50)39(51)48(57)64/h14,16-17,21-22,28-32,34-35,40-44,60H,13,15,18-20,23-27H2,1-12H3,(H,52,61)(H,53,62)/t30-,31+,32+,34-,35+,40-,41-,42-,43+,44+/m0/s1. The van der Waals surface area contributed by atoms with E-state index in [0.717, 1.165) is 4.90 Å². The van der Waals surface area contributed by atoms with E-state index in [1.807, 2.05) is 59.7 Å². The van der Waals surface area contributed by atoms with Gasteiger partial charge in [-0.1, -0.05) is 91.6 Å². The van der Waals surface area contributed by atoms with Gasteiger partial charge in [0.25, 0.3) is 11.8 Å². The molecule has 7 amide bonds. The van der Waals surface area contributed by atoms with Gasteiger partial charge in [0.1, 0.15) is 21.0 Å². The minimum absolute atomic E-state index is 0.0424. The summed E-state index contributed by atoms with van der Waals surface area (Å²) in [5.74, 6) is -3.75. The highest BCUT2D eigenvalue weighted by molar-refractivity contribution is 9.14. The van der Waals surface area contributed by atoms with Crippen molar-refractivity contribution in [1.82, 2.24) is 30.2 Å². The van der Waals surface area contributed by atoms with E-state index in [0.29, 0.717) is 50.6 Å². The number of halogens is 2. The topological polar surface area (TPSA) is 195 Å². The van der Waals surface area contributed by atoms with Crippen LogP contribution in [-0.4, -0.2) is 150 Å². The minimum atomic E-state index is -0.956. The summed E-state index contributed by atoms with van der Waals surface area (Å²) in [6.45, 7) is 15.6. The first-order valence-electron chi connectivity index (χ1n) is 23.7. The number of likely N-dealkylation sites (tertiary alicyclic amines) is 1. The van der Waals surface area contributed by atoms with Crippen LogP contribution in [0.25, 0.3) is 0 Å². The van der Waals surface area contributed by atoms with E-state index in [1.54, 1.807) is 49.9 Å². The number of methoxy groups -OCH3 is 2. The molecule has 0 unspecified atom stereocenters.